The number of nitrogens with zero attached hydrogens (tertiary/aromatic N) is 3. The first-order chi connectivity index (χ1) is 11.7. The molecule has 1 aliphatic rings. The van der Waals surface area contributed by atoms with Crippen LogP contribution < -0.4 is 10.5 Å². The third-order valence-electron chi connectivity index (χ3n) is 3.91. The van der Waals surface area contributed by atoms with Crippen LogP contribution in [-0.2, 0) is 5.54 Å². The molecule has 0 bridgehead atoms. The van der Waals surface area contributed by atoms with E-state index in [0.717, 1.165) is 24.6 Å². The van der Waals surface area contributed by atoms with Gasteiger partial charge in [-0.3, -0.25) is 10.1 Å². The Hall–Kier alpha value is -2.40. The van der Waals surface area contributed by atoms with E-state index in [9.17, 15) is 23.3 Å². The molecule has 2 N–H and O–H groups in total. The maximum atomic E-state index is 12.3. The summed E-state index contributed by atoms with van der Waals surface area (Å²) in [5.41, 5.74) is 4.81. The summed E-state index contributed by atoms with van der Waals surface area (Å²) in [5, 5.41) is 14.9. The van der Waals surface area contributed by atoms with Gasteiger partial charge in [-0.15, -0.1) is 12.4 Å². The van der Waals surface area contributed by atoms with Crippen molar-refractivity contribution < 1.29 is 27.4 Å². The van der Waals surface area contributed by atoms with Crippen molar-refractivity contribution in [3.05, 3.63) is 34.1 Å². The van der Waals surface area contributed by atoms with Crippen molar-refractivity contribution in [2.45, 2.75) is 31.0 Å². The predicted octanol–water partition coefficient (Wildman–Crippen LogP) is 3.35. The van der Waals surface area contributed by atoms with Gasteiger partial charge in [-0.1, -0.05) is 5.16 Å². The second-order valence-corrected chi connectivity index (χ2v) is 5.77. The summed E-state index contributed by atoms with van der Waals surface area (Å²) in [7, 11) is 0. The first kappa shape index (κ1) is 19.9. The highest BCUT2D eigenvalue weighted by Gasteiger charge is 2.39. The number of benzene rings is 1. The number of nitrogens with two attached hydrogens (primary N) is 1. The van der Waals surface area contributed by atoms with Gasteiger partial charge in [0.1, 0.15) is 11.3 Å². The SMILES string of the molecule is Cl.NC1(c2noc(-c3cc(OCC(F)(F)F)ccc3[N+](=O)[O-])n2)CCC1. The van der Waals surface area contributed by atoms with Crippen molar-refractivity contribution in [1.82, 2.24) is 10.1 Å². The summed E-state index contributed by atoms with van der Waals surface area (Å²) in [6, 6.07) is 3.15. The maximum Gasteiger partial charge on any atom is 0.422 e. The summed E-state index contributed by atoms with van der Waals surface area (Å²) in [5.74, 6) is -0.190. The van der Waals surface area contributed by atoms with E-state index < -0.39 is 28.9 Å². The van der Waals surface area contributed by atoms with Crippen molar-refractivity contribution in [2.75, 3.05) is 6.61 Å². The molecule has 1 fully saturated rings. The molecule has 1 saturated carbocycles. The molecule has 142 valence electrons. The average molecular weight is 395 g/mol. The van der Waals surface area contributed by atoms with Crippen LogP contribution in [0.2, 0.25) is 0 Å². The maximum absolute atomic E-state index is 12.3. The molecule has 1 aliphatic carbocycles. The van der Waals surface area contributed by atoms with Gasteiger partial charge in [0, 0.05) is 6.07 Å². The molecule has 0 spiro atoms. The summed E-state index contributed by atoms with van der Waals surface area (Å²) in [4.78, 5) is 14.5. The second-order valence-electron chi connectivity index (χ2n) is 5.77. The van der Waals surface area contributed by atoms with Gasteiger partial charge in [0.25, 0.3) is 11.6 Å². The van der Waals surface area contributed by atoms with Crippen LogP contribution in [0, 0.1) is 10.1 Å². The first-order valence-electron chi connectivity index (χ1n) is 7.29. The molecule has 2 aromatic rings. The van der Waals surface area contributed by atoms with Gasteiger partial charge < -0.3 is 15.0 Å². The predicted molar refractivity (Wildman–Crippen MR) is 84.9 cm³/mol. The highest BCUT2D eigenvalue weighted by atomic mass is 35.5. The minimum Gasteiger partial charge on any atom is -0.484 e. The zero-order valence-corrected chi connectivity index (χ0v) is 14.0. The van der Waals surface area contributed by atoms with Crippen LogP contribution in [0.3, 0.4) is 0 Å². The number of nitro benzene ring substituents is 1. The van der Waals surface area contributed by atoms with Crippen LogP contribution >= 0.6 is 12.4 Å². The molecule has 0 amide bonds. The number of hydrogen-bond donors (Lipinski definition) is 1. The average Bonchev–Trinajstić information content (AvgIpc) is 2.99. The molecular weight excluding hydrogens is 381 g/mol. The van der Waals surface area contributed by atoms with Gasteiger partial charge in [-0.25, -0.2) is 0 Å². The molecule has 1 heterocycles. The zero-order valence-electron chi connectivity index (χ0n) is 13.2. The lowest BCUT2D eigenvalue weighted by Crippen LogP contribution is -2.44. The van der Waals surface area contributed by atoms with Crippen LogP contribution in [0.25, 0.3) is 11.5 Å². The summed E-state index contributed by atoms with van der Waals surface area (Å²) in [6.07, 6.45) is -2.32. The monoisotopic (exact) mass is 394 g/mol. The standard InChI is InChI=1S/C14H13F3N4O4.ClH/c15-14(16,17)7-24-8-2-3-10(21(22)23)9(6-8)11-19-12(20-25-11)13(18)4-1-5-13;/h2-3,6H,1,4-5,7,18H2;1H. The number of alkyl halides is 3. The van der Waals surface area contributed by atoms with Crippen LogP contribution in [0.15, 0.2) is 22.7 Å². The third-order valence-corrected chi connectivity index (χ3v) is 3.91. The van der Waals surface area contributed by atoms with Crippen LogP contribution in [0.4, 0.5) is 18.9 Å². The number of aromatic nitrogens is 2. The van der Waals surface area contributed by atoms with Gasteiger partial charge in [0.05, 0.1) is 10.5 Å². The number of ether oxygens (including phenoxy) is 1. The molecule has 0 aliphatic heterocycles. The van der Waals surface area contributed by atoms with Gasteiger partial charge >= 0.3 is 6.18 Å². The molecule has 1 aromatic heterocycles. The van der Waals surface area contributed by atoms with E-state index in [-0.39, 0.29) is 35.4 Å². The van der Waals surface area contributed by atoms with Gasteiger partial charge in [0.15, 0.2) is 12.4 Å². The molecule has 1 aromatic carbocycles. The van der Waals surface area contributed by atoms with E-state index in [1.807, 2.05) is 0 Å². The van der Waals surface area contributed by atoms with Crippen molar-refractivity contribution in [3.63, 3.8) is 0 Å². The summed E-state index contributed by atoms with van der Waals surface area (Å²) in [6.45, 7) is -1.52. The molecule has 8 nitrogen and oxygen atoms in total. The largest absolute Gasteiger partial charge is 0.484 e. The van der Waals surface area contributed by atoms with Crippen molar-refractivity contribution in [2.24, 2.45) is 5.73 Å². The van der Waals surface area contributed by atoms with E-state index >= 15 is 0 Å². The van der Waals surface area contributed by atoms with E-state index in [4.69, 9.17) is 10.3 Å². The molecule has 0 atom stereocenters. The van der Waals surface area contributed by atoms with Crippen LogP contribution in [0.5, 0.6) is 5.75 Å². The lowest BCUT2D eigenvalue weighted by Gasteiger charge is -2.34. The highest BCUT2D eigenvalue weighted by molar-refractivity contribution is 5.85. The van der Waals surface area contributed by atoms with E-state index in [0.29, 0.717) is 12.8 Å². The lowest BCUT2D eigenvalue weighted by molar-refractivity contribution is -0.384. The quantitative estimate of drug-likeness (QED) is 0.610. The Bertz CT molecular complexity index is 808. The minimum atomic E-state index is -4.53. The summed E-state index contributed by atoms with van der Waals surface area (Å²) >= 11 is 0. The van der Waals surface area contributed by atoms with Gasteiger partial charge in [0.2, 0.25) is 0 Å². The second kappa shape index (κ2) is 7.08. The Balaban J connectivity index is 0.00000243. The fraction of sp³-hybridized carbons (Fsp3) is 0.429. The first-order valence-corrected chi connectivity index (χ1v) is 7.29. The number of nitro groups is 1. The van der Waals surface area contributed by atoms with Crippen LogP contribution in [0.1, 0.15) is 25.1 Å². The number of hydrogen-bond acceptors (Lipinski definition) is 7. The third kappa shape index (κ3) is 4.05. The molecule has 26 heavy (non-hydrogen) atoms. The van der Waals surface area contributed by atoms with Gasteiger partial charge in [-0.2, -0.15) is 18.2 Å². The van der Waals surface area contributed by atoms with E-state index in [2.05, 4.69) is 14.9 Å². The molecular formula is C14H14ClF3N4O4. The van der Waals surface area contributed by atoms with Crippen molar-refractivity contribution in [1.29, 1.82) is 0 Å². The topological polar surface area (TPSA) is 117 Å². The van der Waals surface area contributed by atoms with Crippen molar-refractivity contribution in [3.8, 4) is 17.2 Å². The van der Waals surface area contributed by atoms with E-state index in [1.54, 1.807) is 0 Å². The minimum absolute atomic E-state index is 0. The molecule has 12 heteroatoms. The fourth-order valence-electron chi connectivity index (χ4n) is 2.42. The zero-order chi connectivity index (χ0) is 18.2. The summed E-state index contributed by atoms with van der Waals surface area (Å²) < 4.78 is 46.4. The number of halogens is 4. The Morgan fingerprint density at radius 3 is 2.62 bits per heavy atom. The molecule has 0 radical (unpaired) electrons. The molecule has 3 rings (SSSR count). The molecule has 0 saturated heterocycles. The lowest BCUT2D eigenvalue weighted by atomic mass is 9.77. The smallest absolute Gasteiger partial charge is 0.422 e. The van der Waals surface area contributed by atoms with Crippen molar-refractivity contribution >= 4 is 18.1 Å². The number of rotatable bonds is 5. The fourth-order valence-corrected chi connectivity index (χ4v) is 2.42. The normalized spacial score (nSPS) is 15.7. The van der Waals surface area contributed by atoms with Crippen LogP contribution in [-0.4, -0.2) is 27.8 Å². The Labute approximate surface area is 151 Å². The van der Waals surface area contributed by atoms with E-state index in [1.165, 1.54) is 0 Å². The Kier molecular flexibility index (Phi) is 5.42. The molecule has 0 unspecified atom stereocenters. The Morgan fingerprint density at radius 2 is 2.08 bits per heavy atom. The highest BCUT2D eigenvalue weighted by Crippen LogP contribution is 2.39. The Morgan fingerprint density at radius 1 is 1.38 bits per heavy atom. The van der Waals surface area contributed by atoms with Gasteiger partial charge in [-0.05, 0) is 31.4 Å².